The number of hydrogen-bond acceptors (Lipinski definition) is 4. The molecule has 3 nitrogen and oxygen atoms in total. The van der Waals surface area contributed by atoms with Gasteiger partial charge in [0.15, 0.2) is 17.3 Å². The van der Waals surface area contributed by atoms with Crippen molar-refractivity contribution in [1.82, 2.24) is 0 Å². The second-order valence-electron chi connectivity index (χ2n) is 4.24. The zero-order valence-corrected chi connectivity index (χ0v) is 13.3. The van der Waals surface area contributed by atoms with Gasteiger partial charge in [-0.2, -0.15) is 0 Å². The van der Waals surface area contributed by atoms with E-state index in [1.165, 1.54) is 11.8 Å². The topological polar surface area (TPSA) is 35.5 Å². The SMILES string of the molecule is COc1ccc(C(=O)CSc2ccc(Cl)cc2)cc1OC. The van der Waals surface area contributed by atoms with Crippen molar-refractivity contribution < 1.29 is 14.3 Å². The maximum atomic E-state index is 12.2. The van der Waals surface area contributed by atoms with Crippen LogP contribution in [-0.4, -0.2) is 25.8 Å². The van der Waals surface area contributed by atoms with Crippen LogP contribution in [0.1, 0.15) is 10.4 Å². The van der Waals surface area contributed by atoms with Crippen LogP contribution in [0.15, 0.2) is 47.4 Å². The molecule has 0 heterocycles. The highest BCUT2D eigenvalue weighted by Gasteiger charge is 2.11. The fourth-order valence-electron chi connectivity index (χ4n) is 1.77. The molecule has 0 atom stereocenters. The highest BCUT2D eigenvalue weighted by Crippen LogP contribution is 2.28. The van der Waals surface area contributed by atoms with Crippen LogP contribution in [0.25, 0.3) is 0 Å². The van der Waals surface area contributed by atoms with Crippen molar-refractivity contribution in [2.45, 2.75) is 4.90 Å². The van der Waals surface area contributed by atoms with Crippen LogP contribution in [0.3, 0.4) is 0 Å². The Balaban J connectivity index is 2.04. The second-order valence-corrected chi connectivity index (χ2v) is 5.72. The third kappa shape index (κ3) is 4.16. The van der Waals surface area contributed by atoms with Gasteiger partial charge in [-0.25, -0.2) is 0 Å². The Morgan fingerprint density at radius 2 is 1.71 bits per heavy atom. The van der Waals surface area contributed by atoms with Gasteiger partial charge in [-0.05, 0) is 42.5 Å². The van der Waals surface area contributed by atoms with E-state index in [1.54, 1.807) is 32.4 Å². The zero-order chi connectivity index (χ0) is 15.2. The van der Waals surface area contributed by atoms with Gasteiger partial charge in [0.1, 0.15) is 0 Å². The first kappa shape index (κ1) is 15.7. The molecule has 0 aliphatic rings. The van der Waals surface area contributed by atoms with Gasteiger partial charge in [0, 0.05) is 15.5 Å². The van der Waals surface area contributed by atoms with Crippen LogP contribution in [0.5, 0.6) is 11.5 Å². The average molecular weight is 323 g/mol. The Morgan fingerprint density at radius 3 is 2.33 bits per heavy atom. The van der Waals surface area contributed by atoms with Crippen molar-refractivity contribution in [3.63, 3.8) is 0 Å². The Morgan fingerprint density at radius 1 is 1.05 bits per heavy atom. The van der Waals surface area contributed by atoms with Crippen molar-refractivity contribution in [2.75, 3.05) is 20.0 Å². The number of hydrogen-bond donors (Lipinski definition) is 0. The van der Waals surface area contributed by atoms with E-state index in [-0.39, 0.29) is 5.78 Å². The molecule has 0 saturated heterocycles. The summed E-state index contributed by atoms with van der Waals surface area (Å²) in [5, 5.41) is 0.686. The summed E-state index contributed by atoms with van der Waals surface area (Å²) in [6, 6.07) is 12.6. The van der Waals surface area contributed by atoms with E-state index in [2.05, 4.69) is 0 Å². The minimum absolute atomic E-state index is 0.0379. The van der Waals surface area contributed by atoms with Gasteiger partial charge in [-0.15, -0.1) is 11.8 Å². The van der Waals surface area contributed by atoms with Crippen LogP contribution < -0.4 is 9.47 Å². The van der Waals surface area contributed by atoms with E-state index >= 15 is 0 Å². The summed E-state index contributed by atoms with van der Waals surface area (Å²) in [5.74, 6) is 1.56. The van der Waals surface area contributed by atoms with Gasteiger partial charge >= 0.3 is 0 Å². The summed E-state index contributed by atoms with van der Waals surface area (Å²) in [5.41, 5.74) is 0.606. The molecule has 21 heavy (non-hydrogen) atoms. The number of ether oxygens (including phenoxy) is 2. The number of benzene rings is 2. The molecule has 0 radical (unpaired) electrons. The lowest BCUT2D eigenvalue weighted by molar-refractivity contribution is 0.102. The molecule has 0 saturated carbocycles. The van der Waals surface area contributed by atoms with Crippen LogP contribution in [-0.2, 0) is 0 Å². The number of ketones is 1. The smallest absolute Gasteiger partial charge is 0.173 e. The standard InChI is InChI=1S/C16H15ClO3S/c1-19-15-8-3-11(9-16(15)20-2)14(18)10-21-13-6-4-12(17)5-7-13/h3-9H,10H2,1-2H3. The minimum atomic E-state index is 0.0379. The van der Waals surface area contributed by atoms with Gasteiger partial charge in [-0.1, -0.05) is 11.6 Å². The summed E-state index contributed by atoms with van der Waals surface area (Å²) >= 11 is 7.31. The molecule has 2 aromatic rings. The van der Waals surface area contributed by atoms with Crippen LogP contribution in [0.2, 0.25) is 5.02 Å². The van der Waals surface area contributed by atoms with Gasteiger partial charge in [0.05, 0.1) is 20.0 Å². The van der Waals surface area contributed by atoms with Crippen molar-refractivity contribution in [3.8, 4) is 11.5 Å². The van der Waals surface area contributed by atoms with Gasteiger partial charge < -0.3 is 9.47 Å². The molecule has 5 heteroatoms. The minimum Gasteiger partial charge on any atom is -0.493 e. The zero-order valence-electron chi connectivity index (χ0n) is 11.8. The number of methoxy groups -OCH3 is 2. The van der Waals surface area contributed by atoms with Crippen molar-refractivity contribution in [2.24, 2.45) is 0 Å². The maximum absolute atomic E-state index is 12.2. The number of carbonyl (C=O) groups excluding carboxylic acids is 1. The molecule has 0 unspecified atom stereocenters. The van der Waals surface area contributed by atoms with E-state index in [0.29, 0.717) is 27.8 Å². The summed E-state index contributed by atoms with van der Waals surface area (Å²) in [4.78, 5) is 13.2. The Hall–Kier alpha value is -1.65. The third-order valence-corrected chi connectivity index (χ3v) is 4.15. The molecule has 0 N–H and O–H groups in total. The van der Waals surface area contributed by atoms with E-state index in [4.69, 9.17) is 21.1 Å². The fraction of sp³-hybridized carbons (Fsp3) is 0.188. The van der Waals surface area contributed by atoms with Crippen LogP contribution >= 0.6 is 23.4 Å². The molecule has 0 aliphatic heterocycles. The molecule has 0 spiro atoms. The number of carbonyl (C=O) groups is 1. The molecular formula is C16H15ClO3S. The summed E-state index contributed by atoms with van der Waals surface area (Å²) in [6.07, 6.45) is 0. The van der Waals surface area contributed by atoms with E-state index in [9.17, 15) is 4.79 Å². The van der Waals surface area contributed by atoms with Crippen molar-refractivity contribution >= 4 is 29.1 Å². The molecule has 0 amide bonds. The fourth-order valence-corrected chi connectivity index (χ4v) is 2.69. The van der Waals surface area contributed by atoms with Gasteiger partial charge in [0.2, 0.25) is 0 Å². The highest BCUT2D eigenvalue weighted by molar-refractivity contribution is 8.00. The predicted octanol–water partition coefficient (Wildman–Crippen LogP) is 4.33. The normalized spacial score (nSPS) is 10.2. The highest BCUT2D eigenvalue weighted by atomic mass is 35.5. The molecule has 0 fully saturated rings. The molecule has 2 aromatic carbocycles. The average Bonchev–Trinajstić information content (AvgIpc) is 2.53. The molecule has 0 aliphatic carbocycles. The van der Waals surface area contributed by atoms with Gasteiger partial charge in [0.25, 0.3) is 0 Å². The predicted molar refractivity (Wildman–Crippen MR) is 86.1 cm³/mol. The third-order valence-electron chi connectivity index (χ3n) is 2.89. The van der Waals surface area contributed by atoms with Crippen molar-refractivity contribution in [1.29, 1.82) is 0 Å². The number of halogens is 1. The summed E-state index contributed by atoms with van der Waals surface area (Å²) < 4.78 is 10.4. The summed E-state index contributed by atoms with van der Waals surface area (Å²) in [6.45, 7) is 0. The lowest BCUT2D eigenvalue weighted by atomic mass is 10.1. The molecule has 110 valence electrons. The first-order valence-electron chi connectivity index (χ1n) is 6.27. The van der Waals surface area contributed by atoms with E-state index < -0.39 is 0 Å². The monoisotopic (exact) mass is 322 g/mol. The quantitative estimate of drug-likeness (QED) is 0.585. The number of Topliss-reactive ketones (excluding diaryl/α,β-unsaturated/α-hetero) is 1. The Labute approximate surface area is 133 Å². The Bertz CT molecular complexity index is 626. The first-order valence-corrected chi connectivity index (χ1v) is 7.64. The second kappa shape index (κ2) is 7.38. The van der Waals surface area contributed by atoms with Crippen LogP contribution in [0, 0.1) is 0 Å². The lowest BCUT2D eigenvalue weighted by Gasteiger charge is -2.09. The van der Waals surface area contributed by atoms with Crippen molar-refractivity contribution in [3.05, 3.63) is 53.1 Å². The van der Waals surface area contributed by atoms with Crippen LogP contribution in [0.4, 0.5) is 0 Å². The molecular weight excluding hydrogens is 308 g/mol. The molecule has 0 aromatic heterocycles. The Kier molecular flexibility index (Phi) is 5.53. The van der Waals surface area contributed by atoms with Gasteiger partial charge in [-0.3, -0.25) is 4.79 Å². The number of rotatable bonds is 6. The molecule has 2 rings (SSSR count). The first-order chi connectivity index (χ1) is 10.1. The summed E-state index contributed by atoms with van der Waals surface area (Å²) in [7, 11) is 3.12. The lowest BCUT2D eigenvalue weighted by Crippen LogP contribution is -2.03. The molecule has 0 bridgehead atoms. The number of thioether (sulfide) groups is 1. The van der Waals surface area contributed by atoms with E-state index in [1.807, 2.05) is 24.3 Å². The maximum Gasteiger partial charge on any atom is 0.173 e. The van der Waals surface area contributed by atoms with E-state index in [0.717, 1.165) is 4.90 Å². The largest absolute Gasteiger partial charge is 0.493 e.